The minimum atomic E-state index is -0.161. The number of amides is 1. The van der Waals surface area contributed by atoms with E-state index in [1.807, 2.05) is 48.5 Å². The Bertz CT molecular complexity index is 1480. The van der Waals surface area contributed by atoms with Gasteiger partial charge in [0, 0.05) is 35.7 Å². The summed E-state index contributed by atoms with van der Waals surface area (Å²) in [5, 5.41) is 13.5. The normalized spacial score (nSPS) is 15.7. The van der Waals surface area contributed by atoms with E-state index < -0.39 is 0 Å². The fourth-order valence-electron chi connectivity index (χ4n) is 4.54. The maximum Gasteiger partial charge on any atom is 0.262 e. The number of pyridine rings is 1. The van der Waals surface area contributed by atoms with E-state index in [-0.39, 0.29) is 18.6 Å². The Morgan fingerprint density at radius 3 is 2.77 bits per heavy atom. The summed E-state index contributed by atoms with van der Waals surface area (Å²) in [6.45, 7) is 1.37. The molecule has 2 aromatic heterocycles. The lowest BCUT2D eigenvalue weighted by molar-refractivity contribution is -0.118. The SMILES string of the molecule is N#Cc1cc(-c2ccnc3[nH]c(-c4ccc5c(c4)OCC(=O)N5)cc23)ccc1OC1CCOCC1. The Morgan fingerprint density at radius 1 is 1.06 bits per heavy atom. The molecule has 1 amide bonds. The number of nitriles is 1. The van der Waals surface area contributed by atoms with Crippen molar-refractivity contribution in [1.29, 1.82) is 5.26 Å². The van der Waals surface area contributed by atoms with E-state index in [9.17, 15) is 10.1 Å². The van der Waals surface area contributed by atoms with E-state index in [1.165, 1.54) is 0 Å². The van der Waals surface area contributed by atoms with Gasteiger partial charge in [-0.2, -0.15) is 5.26 Å². The Kier molecular flexibility index (Phi) is 5.32. The quantitative estimate of drug-likeness (QED) is 0.453. The highest BCUT2D eigenvalue weighted by atomic mass is 16.5. The van der Waals surface area contributed by atoms with Gasteiger partial charge in [-0.3, -0.25) is 4.79 Å². The number of H-pyrrole nitrogens is 1. The molecule has 0 atom stereocenters. The van der Waals surface area contributed by atoms with Gasteiger partial charge in [-0.15, -0.1) is 0 Å². The number of aromatic nitrogens is 2. The molecule has 1 saturated heterocycles. The summed E-state index contributed by atoms with van der Waals surface area (Å²) in [4.78, 5) is 19.4. The second kappa shape index (κ2) is 8.78. The number of carbonyl (C=O) groups excluding carboxylic acids is 1. The molecule has 174 valence electrons. The zero-order chi connectivity index (χ0) is 23.8. The van der Waals surface area contributed by atoms with Gasteiger partial charge in [-0.05, 0) is 47.5 Å². The molecule has 2 N–H and O–H groups in total. The average Bonchev–Trinajstić information content (AvgIpc) is 3.34. The summed E-state index contributed by atoms with van der Waals surface area (Å²) in [6, 6.07) is 17.6. The molecule has 0 unspecified atom stereocenters. The topological polar surface area (TPSA) is 109 Å². The standard InChI is InChI=1S/C27H22N4O4/c28-14-18-11-16(2-4-24(18)35-19-6-9-33-10-7-19)20-5-8-29-27-21(20)13-23(31-27)17-1-3-22-25(12-17)34-15-26(32)30-22/h1-5,8,11-13,19H,6-7,9-10,15H2,(H,29,31)(H,30,32). The number of fused-ring (bicyclic) bond motifs is 2. The number of carbonyl (C=O) groups is 1. The van der Waals surface area contributed by atoms with Crippen LogP contribution < -0.4 is 14.8 Å². The minimum absolute atomic E-state index is 0.00428. The molecule has 0 radical (unpaired) electrons. The number of ether oxygens (including phenoxy) is 3. The van der Waals surface area contributed by atoms with E-state index >= 15 is 0 Å². The predicted molar refractivity (Wildman–Crippen MR) is 130 cm³/mol. The highest BCUT2D eigenvalue weighted by Gasteiger charge is 2.19. The van der Waals surface area contributed by atoms with Crippen LogP contribution in [0.4, 0.5) is 5.69 Å². The molecule has 4 aromatic rings. The molecule has 8 heteroatoms. The molecule has 0 aliphatic carbocycles. The van der Waals surface area contributed by atoms with E-state index in [0.29, 0.717) is 36.0 Å². The number of nitrogens with one attached hydrogen (secondary N) is 2. The van der Waals surface area contributed by atoms with Crippen LogP contribution in [0.15, 0.2) is 54.7 Å². The lowest BCUT2D eigenvalue weighted by Gasteiger charge is -2.23. The Morgan fingerprint density at radius 2 is 1.91 bits per heavy atom. The molecular formula is C27H22N4O4. The fourth-order valence-corrected chi connectivity index (χ4v) is 4.54. The van der Waals surface area contributed by atoms with Crippen LogP contribution in [0.2, 0.25) is 0 Å². The third-order valence-corrected chi connectivity index (χ3v) is 6.33. The van der Waals surface area contributed by atoms with E-state index in [4.69, 9.17) is 14.2 Å². The van der Waals surface area contributed by atoms with Crippen molar-refractivity contribution < 1.29 is 19.0 Å². The van der Waals surface area contributed by atoms with Gasteiger partial charge < -0.3 is 24.5 Å². The van der Waals surface area contributed by atoms with Crippen molar-refractivity contribution >= 4 is 22.6 Å². The first-order valence-corrected chi connectivity index (χ1v) is 11.5. The summed E-state index contributed by atoms with van der Waals surface area (Å²) in [7, 11) is 0. The number of benzene rings is 2. The van der Waals surface area contributed by atoms with Crippen LogP contribution >= 0.6 is 0 Å². The smallest absolute Gasteiger partial charge is 0.262 e. The molecule has 8 nitrogen and oxygen atoms in total. The Balaban J connectivity index is 1.34. The summed E-state index contributed by atoms with van der Waals surface area (Å²) in [5.41, 5.74) is 5.58. The van der Waals surface area contributed by atoms with Crippen molar-refractivity contribution in [1.82, 2.24) is 9.97 Å². The maximum atomic E-state index is 11.6. The largest absolute Gasteiger partial charge is 0.489 e. The number of nitrogens with zero attached hydrogens (tertiary/aromatic N) is 2. The van der Waals surface area contributed by atoms with Crippen molar-refractivity contribution in [2.45, 2.75) is 18.9 Å². The monoisotopic (exact) mass is 466 g/mol. The van der Waals surface area contributed by atoms with Crippen LogP contribution in [0.3, 0.4) is 0 Å². The number of rotatable bonds is 4. The van der Waals surface area contributed by atoms with Gasteiger partial charge in [0.1, 0.15) is 29.3 Å². The minimum Gasteiger partial charge on any atom is -0.489 e. The van der Waals surface area contributed by atoms with Crippen LogP contribution in [0.1, 0.15) is 18.4 Å². The van der Waals surface area contributed by atoms with E-state index in [0.717, 1.165) is 46.3 Å². The van der Waals surface area contributed by atoms with Gasteiger partial charge in [-0.25, -0.2) is 4.98 Å². The average molecular weight is 466 g/mol. The highest BCUT2D eigenvalue weighted by molar-refractivity contribution is 5.98. The van der Waals surface area contributed by atoms with Crippen LogP contribution in [0, 0.1) is 11.3 Å². The molecule has 6 rings (SSSR count). The van der Waals surface area contributed by atoms with E-state index in [2.05, 4.69) is 21.4 Å². The van der Waals surface area contributed by atoms with Crippen LogP contribution in [0.5, 0.6) is 11.5 Å². The third kappa shape index (κ3) is 4.07. The van der Waals surface area contributed by atoms with Crippen molar-refractivity contribution in [2.75, 3.05) is 25.1 Å². The van der Waals surface area contributed by atoms with Crippen molar-refractivity contribution in [2.24, 2.45) is 0 Å². The Hall–Kier alpha value is -4.35. The van der Waals surface area contributed by atoms with Crippen molar-refractivity contribution in [3.8, 4) is 40.0 Å². The van der Waals surface area contributed by atoms with Gasteiger partial charge in [-0.1, -0.05) is 12.1 Å². The molecule has 0 bridgehead atoms. The lowest BCUT2D eigenvalue weighted by Crippen LogP contribution is -2.26. The fraction of sp³-hybridized carbons (Fsp3) is 0.222. The van der Waals surface area contributed by atoms with Gasteiger partial charge in [0.2, 0.25) is 0 Å². The molecule has 1 fully saturated rings. The van der Waals surface area contributed by atoms with Crippen molar-refractivity contribution in [3.05, 3.63) is 60.3 Å². The molecular weight excluding hydrogens is 444 g/mol. The van der Waals surface area contributed by atoms with Gasteiger partial charge in [0.15, 0.2) is 6.61 Å². The number of aromatic amines is 1. The first kappa shape index (κ1) is 21.2. The molecule has 2 aliphatic heterocycles. The van der Waals surface area contributed by atoms with Gasteiger partial charge in [0.25, 0.3) is 5.91 Å². The summed E-state index contributed by atoms with van der Waals surface area (Å²) < 4.78 is 17.1. The third-order valence-electron chi connectivity index (χ3n) is 6.33. The Labute approximate surface area is 201 Å². The lowest BCUT2D eigenvalue weighted by atomic mass is 10.0. The second-order valence-corrected chi connectivity index (χ2v) is 8.60. The van der Waals surface area contributed by atoms with Gasteiger partial charge >= 0.3 is 0 Å². The predicted octanol–water partition coefficient (Wildman–Crippen LogP) is 4.66. The first-order chi connectivity index (χ1) is 17.2. The molecule has 0 spiro atoms. The molecule has 0 saturated carbocycles. The zero-order valence-corrected chi connectivity index (χ0v) is 18.8. The number of hydrogen-bond donors (Lipinski definition) is 2. The van der Waals surface area contributed by atoms with Crippen LogP contribution in [-0.4, -0.2) is 41.8 Å². The zero-order valence-electron chi connectivity index (χ0n) is 18.8. The first-order valence-electron chi connectivity index (χ1n) is 11.5. The van der Waals surface area contributed by atoms with Crippen LogP contribution in [0.25, 0.3) is 33.4 Å². The summed E-state index contributed by atoms with van der Waals surface area (Å²) in [6.07, 6.45) is 3.46. The number of hydrogen-bond acceptors (Lipinski definition) is 6. The summed E-state index contributed by atoms with van der Waals surface area (Å²) in [5.74, 6) is 1.07. The molecule has 35 heavy (non-hydrogen) atoms. The number of anilines is 1. The van der Waals surface area contributed by atoms with Gasteiger partial charge in [0.05, 0.1) is 24.5 Å². The maximum absolute atomic E-state index is 11.6. The van der Waals surface area contributed by atoms with E-state index in [1.54, 1.807) is 6.20 Å². The van der Waals surface area contributed by atoms with Crippen molar-refractivity contribution in [3.63, 3.8) is 0 Å². The van der Waals surface area contributed by atoms with Crippen LogP contribution in [-0.2, 0) is 9.53 Å². The summed E-state index contributed by atoms with van der Waals surface area (Å²) >= 11 is 0. The molecule has 2 aliphatic rings. The molecule has 4 heterocycles. The highest BCUT2D eigenvalue weighted by Crippen LogP contribution is 2.36. The molecule has 2 aromatic carbocycles. The second-order valence-electron chi connectivity index (χ2n) is 8.60.